The zero-order valence-electron chi connectivity index (χ0n) is 17.9. The Balaban J connectivity index is 1.68. The van der Waals surface area contributed by atoms with Crippen LogP contribution in [-0.2, 0) is 13.5 Å². The summed E-state index contributed by atoms with van der Waals surface area (Å²) in [5.74, 6) is 0.582. The third-order valence-electron chi connectivity index (χ3n) is 5.89. The van der Waals surface area contributed by atoms with Crippen molar-refractivity contribution in [3.63, 3.8) is 0 Å². The van der Waals surface area contributed by atoms with E-state index in [2.05, 4.69) is 39.4 Å². The van der Waals surface area contributed by atoms with Crippen LogP contribution in [0, 0.1) is 6.92 Å². The molecule has 7 nitrogen and oxygen atoms in total. The molecule has 0 spiro atoms. The predicted molar refractivity (Wildman–Crippen MR) is 122 cm³/mol. The zero-order valence-corrected chi connectivity index (χ0v) is 17.9. The molecule has 1 aliphatic heterocycles. The van der Waals surface area contributed by atoms with Gasteiger partial charge < -0.3 is 10.2 Å². The first-order chi connectivity index (χ1) is 15.0. The average molecular weight is 412 g/mol. The maximum atomic E-state index is 12.4. The third kappa shape index (κ3) is 3.32. The Morgan fingerprint density at radius 2 is 2.06 bits per heavy atom. The van der Waals surface area contributed by atoms with Crippen LogP contribution in [0.1, 0.15) is 28.0 Å². The summed E-state index contributed by atoms with van der Waals surface area (Å²) in [6.07, 6.45) is 9.54. The molecule has 0 unspecified atom stereocenters. The van der Waals surface area contributed by atoms with Crippen molar-refractivity contribution in [2.75, 3.05) is 18.5 Å². The second-order valence-electron chi connectivity index (χ2n) is 7.96. The summed E-state index contributed by atoms with van der Waals surface area (Å²) in [5.41, 5.74) is 6.33. The number of aryl methyl sites for hydroxylation is 3. The number of aromatic nitrogens is 4. The van der Waals surface area contributed by atoms with Gasteiger partial charge in [0.15, 0.2) is 0 Å². The molecule has 4 aromatic rings. The van der Waals surface area contributed by atoms with Crippen LogP contribution < -0.4 is 10.2 Å². The van der Waals surface area contributed by atoms with Crippen molar-refractivity contribution in [1.29, 1.82) is 0 Å². The summed E-state index contributed by atoms with van der Waals surface area (Å²) in [7, 11) is 3.56. The van der Waals surface area contributed by atoms with Crippen molar-refractivity contribution < 1.29 is 4.79 Å². The molecular formula is C24H24N6O. The van der Waals surface area contributed by atoms with Crippen LogP contribution in [0.2, 0.25) is 0 Å². The number of hydrogen-bond acceptors (Lipinski definition) is 5. The minimum absolute atomic E-state index is 0.194. The Kier molecular flexibility index (Phi) is 4.66. The number of fused-ring (bicyclic) bond motifs is 2. The smallest absolute Gasteiger partial charge is 0.269 e. The zero-order chi connectivity index (χ0) is 21.5. The quantitative estimate of drug-likeness (QED) is 0.554. The highest BCUT2D eigenvalue weighted by atomic mass is 16.1. The highest BCUT2D eigenvalue weighted by Gasteiger charge is 2.24. The Hall–Kier alpha value is -3.74. The molecule has 0 saturated heterocycles. The number of nitrogens with zero attached hydrogens (tertiary/aromatic N) is 5. The molecule has 31 heavy (non-hydrogen) atoms. The summed E-state index contributed by atoms with van der Waals surface area (Å²) in [4.78, 5) is 23.7. The summed E-state index contributed by atoms with van der Waals surface area (Å²) in [6.45, 7) is 2.97. The minimum atomic E-state index is -0.194. The van der Waals surface area contributed by atoms with E-state index in [4.69, 9.17) is 4.98 Å². The largest absolute Gasteiger partial charge is 0.354 e. The number of pyridine rings is 2. The van der Waals surface area contributed by atoms with E-state index in [0.29, 0.717) is 5.69 Å². The molecule has 0 aliphatic carbocycles. The van der Waals surface area contributed by atoms with Gasteiger partial charge in [-0.15, -0.1) is 0 Å². The van der Waals surface area contributed by atoms with Crippen LogP contribution in [-0.4, -0.2) is 39.2 Å². The van der Waals surface area contributed by atoms with Crippen LogP contribution in [0.4, 0.5) is 11.5 Å². The predicted octanol–water partition coefficient (Wildman–Crippen LogP) is 3.78. The van der Waals surface area contributed by atoms with Gasteiger partial charge in [0.2, 0.25) is 0 Å². The van der Waals surface area contributed by atoms with Crippen LogP contribution in [0.5, 0.6) is 0 Å². The maximum absolute atomic E-state index is 12.4. The third-order valence-corrected chi connectivity index (χ3v) is 5.89. The molecular weight excluding hydrogens is 388 g/mol. The highest BCUT2D eigenvalue weighted by Crippen LogP contribution is 2.39. The maximum Gasteiger partial charge on any atom is 0.269 e. The van der Waals surface area contributed by atoms with E-state index in [0.717, 1.165) is 47.2 Å². The van der Waals surface area contributed by atoms with Gasteiger partial charge in [0.1, 0.15) is 11.5 Å². The Morgan fingerprint density at radius 1 is 1.19 bits per heavy atom. The van der Waals surface area contributed by atoms with Crippen LogP contribution in [0.25, 0.3) is 21.9 Å². The monoisotopic (exact) mass is 412 g/mol. The molecule has 1 N–H and O–H groups in total. The summed E-state index contributed by atoms with van der Waals surface area (Å²) in [6, 6.07) is 8.25. The number of benzene rings is 1. The molecule has 7 heteroatoms. The fraction of sp³-hybridized carbons (Fsp3) is 0.250. The van der Waals surface area contributed by atoms with Gasteiger partial charge in [-0.2, -0.15) is 5.10 Å². The molecule has 1 amide bonds. The van der Waals surface area contributed by atoms with Gasteiger partial charge in [-0.1, -0.05) is 0 Å². The molecule has 156 valence electrons. The Labute approximate surface area is 180 Å². The van der Waals surface area contributed by atoms with Crippen LogP contribution in [0.3, 0.4) is 0 Å². The lowest BCUT2D eigenvalue weighted by Gasteiger charge is -2.32. The number of amides is 1. The van der Waals surface area contributed by atoms with E-state index >= 15 is 0 Å². The molecule has 0 radical (unpaired) electrons. The normalized spacial score (nSPS) is 13.3. The van der Waals surface area contributed by atoms with E-state index in [1.165, 1.54) is 16.7 Å². The van der Waals surface area contributed by atoms with E-state index < -0.39 is 0 Å². The molecule has 0 saturated carbocycles. The molecule has 0 atom stereocenters. The molecule has 5 rings (SSSR count). The number of rotatable bonds is 3. The van der Waals surface area contributed by atoms with E-state index in [1.807, 2.05) is 42.5 Å². The first-order valence-electron chi connectivity index (χ1n) is 10.4. The van der Waals surface area contributed by atoms with Crippen LogP contribution in [0.15, 0.2) is 49.1 Å². The summed E-state index contributed by atoms with van der Waals surface area (Å²) >= 11 is 0. The van der Waals surface area contributed by atoms with E-state index in [-0.39, 0.29) is 5.91 Å². The van der Waals surface area contributed by atoms with Crippen molar-refractivity contribution >= 4 is 28.2 Å². The van der Waals surface area contributed by atoms with E-state index in [9.17, 15) is 4.79 Å². The second kappa shape index (κ2) is 7.50. The van der Waals surface area contributed by atoms with Gasteiger partial charge in [0.05, 0.1) is 6.20 Å². The number of nitrogens with one attached hydrogen (secondary N) is 1. The van der Waals surface area contributed by atoms with Gasteiger partial charge in [-0.3, -0.25) is 14.5 Å². The van der Waals surface area contributed by atoms with Gasteiger partial charge in [-0.25, -0.2) is 4.98 Å². The number of anilines is 2. The number of hydrogen-bond donors (Lipinski definition) is 1. The molecule has 4 heterocycles. The second-order valence-corrected chi connectivity index (χ2v) is 7.96. The lowest BCUT2D eigenvalue weighted by molar-refractivity contribution is 0.0958. The van der Waals surface area contributed by atoms with E-state index in [1.54, 1.807) is 13.2 Å². The average Bonchev–Trinajstić information content (AvgIpc) is 3.23. The molecule has 1 aliphatic rings. The van der Waals surface area contributed by atoms with Crippen molar-refractivity contribution in [3.05, 3.63) is 65.9 Å². The topological polar surface area (TPSA) is 75.9 Å². The highest BCUT2D eigenvalue weighted by molar-refractivity contribution is 6.01. The summed E-state index contributed by atoms with van der Waals surface area (Å²) in [5, 5.41) is 8.91. The van der Waals surface area contributed by atoms with Crippen molar-refractivity contribution in [2.24, 2.45) is 7.05 Å². The van der Waals surface area contributed by atoms with Crippen molar-refractivity contribution in [3.8, 4) is 11.1 Å². The SMILES string of the molecule is CNC(=O)c1cc2ccncc2c(N2CCCc3cc(-c4cnn(C)c4)c(C)cc32)n1. The lowest BCUT2D eigenvalue weighted by Crippen LogP contribution is -2.27. The molecule has 3 aromatic heterocycles. The van der Waals surface area contributed by atoms with Crippen molar-refractivity contribution in [1.82, 2.24) is 25.1 Å². The van der Waals surface area contributed by atoms with Crippen LogP contribution >= 0.6 is 0 Å². The lowest BCUT2D eigenvalue weighted by atomic mass is 9.93. The molecule has 0 bridgehead atoms. The standard InChI is InChI=1S/C24H24N6O/c1-15-9-22-17(10-19(15)18-12-27-29(3)14-18)5-4-8-30(22)23-20-13-26-7-6-16(20)11-21(28-23)24(31)25-2/h6-7,9-14H,4-5,8H2,1-3H3,(H,25,31). The number of carbonyl (C=O) groups excluding carboxylic acids is 1. The Morgan fingerprint density at radius 3 is 2.84 bits per heavy atom. The molecule has 0 fully saturated rings. The fourth-order valence-electron chi connectivity index (χ4n) is 4.35. The van der Waals surface area contributed by atoms with Gasteiger partial charge in [-0.05, 0) is 66.1 Å². The fourth-order valence-corrected chi connectivity index (χ4v) is 4.35. The first kappa shape index (κ1) is 19.2. The summed E-state index contributed by atoms with van der Waals surface area (Å²) < 4.78 is 1.83. The Bertz CT molecular complexity index is 1310. The first-order valence-corrected chi connectivity index (χ1v) is 10.4. The van der Waals surface area contributed by atoms with Gasteiger partial charge >= 0.3 is 0 Å². The van der Waals surface area contributed by atoms with Gasteiger partial charge in [0, 0.05) is 55.9 Å². The number of carbonyl (C=O) groups is 1. The van der Waals surface area contributed by atoms with Gasteiger partial charge in [0.25, 0.3) is 5.91 Å². The van der Waals surface area contributed by atoms with Crippen molar-refractivity contribution in [2.45, 2.75) is 19.8 Å². The minimum Gasteiger partial charge on any atom is -0.354 e. The molecule has 1 aromatic carbocycles.